The number of rotatable bonds is 15. The summed E-state index contributed by atoms with van der Waals surface area (Å²) in [6.07, 6.45) is 17.3. The Morgan fingerprint density at radius 3 is 1.67 bits per heavy atom. The van der Waals surface area contributed by atoms with Crippen molar-refractivity contribution in [2.45, 2.75) is 272 Å². The van der Waals surface area contributed by atoms with Gasteiger partial charge >= 0.3 is 47.8 Å². The monoisotopic (exact) mass is 1150 g/mol. The average molecular weight is 1160 g/mol. The molecule has 4 heterocycles. The predicted molar refractivity (Wildman–Crippen MR) is 296 cm³/mol. The van der Waals surface area contributed by atoms with E-state index in [1.807, 2.05) is 62.3 Å². The van der Waals surface area contributed by atoms with E-state index in [2.05, 4.69) is 13.8 Å². The maximum atomic E-state index is 12.5. The SMILES string of the molecule is CCC(C)(C)C(=O)OC1(C)CCCCC12CCCC2.CCC(C)(C)C(=O)OC12CC3CC(CC(O)(C3)C1)C2.CCC(C)(C)C(=O)OC1C2CC3C(=O)OC1C3O2.CCC(C)(C)C(=O)OCC(=O)OC1C2CC3C1OC(=O)C3C2C(=O)OC. The fourth-order valence-electron chi connectivity index (χ4n) is 15.7. The highest BCUT2D eigenvalue weighted by atomic mass is 16.7. The van der Waals surface area contributed by atoms with Crippen molar-refractivity contribution >= 4 is 47.8 Å². The molecule has 1 spiro atoms. The second-order valence-corrected chi connectivity index (χ2v) is 29.3. The highest BCUT2D eigenvalue weighted by Gasteiger charge is 2.70. The van der Waals surface area contributed by atoms with Crippen molar-refractivity contribution in [3.05, 3.63) is 0 Å². The summed E-state index contributed by atoms with van der Waals surface area (Å²) in [5.41, 5.74) is -2.80. The minimum Gasteiger partial charge on any atom is -0.469 e. The zero-order chi connectivity index (χ0) is 60.3. The number of methoxy groups -OCH3 is 1. The number of fused-ring (bicyclic) bond motifs is 2. The highest BCUT2D eigenvalue weighted by molar-refractivity contribution is 5.86. The summed E-state index contributed by atoms with van der Waals surface area (Å²) in [6.45, 7) is 24.7. The van der Waals surface area contributed by atoms with Crippen LogP contribution in [-0.2, 0) is 81.0 Å². The number of carbonyl (C=O) groups excluding carboxylic acids is 8. The Morgan fingerprint density at radius 2 is 1.12 bits per heavy atom. The van der Waals surface area contributed by atoms with Gasteiger partial charge in [0.2, 0.25) is 0 Å². The minimum atomic E-state index is -0.717. The third-order valence-electron chi connectivity index (χ3n) is 22.2. The van der Waals surface area contributed by atoms with Gasteiger partial charge in [0.15, 0.2) is 18.8 Å². The Bertz CT molecular complexity index is 2420. The van der Waals surface area contributed by atoms with Crippen LogP contribution in [0.1, 0.15) is 218 Å². The lowest BCUT2D eigenvalue weighted by Gasteiger charge is -2.59. The molecule has 0 aromatic carbocycles. The van der Waals surface area contributed by atoms with Gasteiger partial charge in [0.25, 0.3) is 0 Å². The van der Waals surface area contributed by atoms with Crippen molar-refractivity contribution in [3.8, 4) is 0 Å². The summed E-state index contributed by atoms with van der Waals surface area (Å²) in [6, 6.07) is 0. The number of ether oxygens (including phenoxy) is 9. The largest absolute Gasteiger partial charge is 0.469 e. The molecule has 8 bridgehead atoms. The van der Waals surface area contributed by atoms with E-state index in [1.54, 1.807) is 13.8 Å². The maximum absolute atomic E-state index is 12.5. The van der Waals surface area contributed by atoms with Gasteiger partial charge in [-0.3, -0.25) is 33.6 Å². The van der Waals surface area contributed by atoms with Crippen molar-refractivity contribution in [2.24, 2.45) is 68.5 Å². The van der Waals surface area contributed by atoms with Crippen LogP contribution in [0.15, 0.2) is 0 Å². The quantitative estimate of drug-likeness (QED) is 0.118. The molecule has 18 nitrogen and oxygen atoms in total. The van der Waals surface area contributed by atoms with Crippen LogP contribution in [0.3, 0.4) is 0 Å². The molecular formula is C64H98O18. The number of aliphatic hydroxyl groups is 1. The summed E-state index contributed by atoms with van der Waals surface area (Å²) in [4.78, 5) is 96.7. The molecule has 8 saturated carbocycles. The summed E-state index contributed by atoms with van der Waals surface area (Å²) in [5, 5.41) is 10.6. The van der Waals surface area contributed by atoms with Gasteiger partial charge in [-0.05, 0) is 177 Å². The van der Waals surface area contributed by atoms with Crippen LogP contribution in [0, 0.1) is 68.5 Å². The standard InChI is InChI=1S/C18H24O8.C17H30O2.C16H26O3.C13H18O5/c1-5-18(2,3)17(22)24-7-10(19)25-13-8-6-9-12(11(8)15(20)23-4)16(21)26-14(9)13;1-5-15(2,3)14(18)19-16(4)10-6-7-11-17(16)12-8-9-13-17;1-4-14(2,3)13(17)19-16-8-11-5-12(9-16)7-15(18,6-11)10-16;1-4-13(2,3)12(15)18-9-7-5-6-8(16-7)10(9)17-11(6)14/h8-9,11-14H,5-7H2,1-4H3;5-13H2,1-4H3;11-12,18H,4-10H2,1-3H3;6-10H,4-5H2,1-3H3. The number of esters is 8. The van der Waals surface area contributed by atoms with E-state index in [-0.39, 0.29) is 75.9 Å². The first-order valence-electron chi connectivity index (χ1n) is 31.2. The number of carbonyl (C=O) groups is 8. The lowest BCUT2D eigenvalue weighted by atomic mass is 9.52. The van der Waals surface area contributed by atoms with Crippen molar-refractivity contribution in [2.75, 3.05) is 13.7 Å². The first-order valence-corrected chi connectivity index (χ1v) is 31.2. The van der Waals surface area contributed by atoms with Crippen molar-refractivity contribution in [1.29, 1.82) is 0 Å². The number of hydrogen-bond donors (Lipinski definition) is 1. The molecule has 12 rings (SSSR count). The smallest absolute Gasteiger partial charge is 0.344 e. The first kappa shape index (κ1) is 63.7. The second-order valence-electron chi connectivity index (χ2n) is 29.3. The Balaban J connectivity index is 0.000000145. The van der Waals surface area contributed by atoms with E-state index < -0.39 is 88.6 Å². The molecule has 14 atom stereocenters. The molecule has 82 heavy (non-hydrogen) atoms. The van der Waals surface area contributed by atoms with Crippen molar-refractivity contribution in [3.63, 3.8) is 0 Å². The fraction of sp³-hybridized carbons (Fsp3) is 0.875. The molecule has 0 radical (unpaired) electrons. The van der Waals surface area contributed by atoms with E-state index in [0.717, 1.165) is 44.9 Å². The third-order valence-corrected chi connectivity index (χ3v) is 22.2. The molecule has 0 amide bonds. The normalized spacial score (nSPS) is 37.3. The average Bonchev–Trinajstić information content (AvgIpc) is 2.13. The number of hydrogen-bond acceptors (Lipinski definition) is 18. The van der Waals surface area contributed by atoms with Crippen molar-refractivity contribution in [1.82, 2.24) is 0 Å². The predicted octanol–water partition coefficient (Wildman–Crippen LogP) is 9.81. The summed E-state index contributed by atoms with van der Waals surface area (Å²) >= 11 is 0. The van der Waals surface area contributed by atoms with Gasteiger partial charge in [-0.2, -0.15) is 0 Å². The fourth-order valence-corrected chi connectivity index (χ4v) is 15.7. The topological polar surface area (TPSA) is 240 Å². The molecule has 4 aliphatic heterocycles. The second kappa shape index (κ2) is 23.5. The molecule has 1 N–H and O–H groups in total. The summed E-state index contributed by atoms with van der Waals surface area (Å²) in [7, 11) is 1.27. The molecule has 18 heteroatoms. The Kier molecular flexibility index (Phi) is 18.3. The van der Waals surface area contributed by atoms with Gasteiger partial charge in [0.05, 0.1) is 58.2 Å². The lowest BCUT2D eigenvalue weighted by Crippen LogP contribution is -2.61. The van der Waals surface area contributed by atoms with E-state index in [4.69, 9.17) is 42.6 Å². The van der Waals surface area contributed by atoms with Gasteiger partial charge in [0, 0.05) is 23.7 Å². The Morgan fingerprint density at radius 1 is 0.598 bits per heavy atom. The molecule has 0 aromatic heterocycles. The van der Waals surface area contributed by atoms with Crippen LogP contribution in [0.2, 0.25) is 0 Å². The zero-order valence-electron chi connectivity index (χ0n) is 51.7. The van der Waals surface area contributed by atoms with Gasteiger partial charge in [0.1, 0.15) is 29.5 Å². The molecule has 0 aromatic rings. The zero-order valence-corrected chi connectivity index (χ0v) is 51.7. The van der Waals surface area contributed by atoms with E-state index in [9.17, 15) is 43.5 Å². The first-order chi connectivity index (χ1) is 38.3. The van der Waals surface area contributed by atoms with Crippen LogP contribution >= 0.6 is 0 Å². The van der Waals surface area contributed by atoms with Gasteiger partial charge < -0.3 is 47.7 Å². The summed E-state index contributed by atoms with van der Waals surface area (Å²) < 4.78 is 49.2. The molecule has 14 unspecified atom stereocenters. The van der Waals surface area contributed by atoms with Crippen LogP contribution in [0.25, 0.3) is 0 Å². The van der Waals surface area contributed by atoms with E-state index >= 15 is 0 Å². The minimum absolute atomic E-state index is 0.00525. The third kappa shape index (κ3) is 12.2. The maximum Gasteiger partial charge on any atom is 0.344 e. The van der Waals surface area contributed by atoms with Gasteiger partial charge in [-0.15, -0.1) is 0 Å². The molecule has 8 aliphatic carbocycles. The van der Waals surface area contributed by atoms with Crippen LogP contribution in [0.5, 0.6) is 0 Å². The molecule has 462 valence electrons. The van der Waals surface area contributed by atoms with Gasteiger partial charge in [-0.25, -0.2) is 4.79 Å². The molecular weight excluding hydrogens is 1060 g/mol. The Hall–Kier alpha value is -4.32. The van der Waals surface area contributed by atoms with Crippen molar-refractivity contribution < 1.29 is 86.1 Å². The van der Waals surface area contributed by atoms with Crippen LogP contribution in [0.4, 0.5) is 0 Å². The van der Waals surface area contributed by atoms with Crippen LogP contribution in [-0.4, -0.2) is 120 Å². The molecule has 4 saturated heterocycles. The van der Waals surface area contributed by atoms with E-state index in [1.165, 1.54) is 58.5 Å². The molecule has 12 fully saturated rings. The molecule has 12 aliphatic rings. The Labute approximate surface area is 486 Å². The highest BCUT2D eigenvalue weighted by Crippen LogP contribution is 2.61. The van der Waals surface area contributed by atoms with E-state index in [0.29, 0.717) is 43.9 Å². The summed E-state index contributed by atoms with van der Waals surface area (Å²) in [5.74, 6) is -3.32. The van der Waals surface area contributed by atoms with Crippen LogP contribution < -0.4 is 0 Å². The lowest BCUT2D eigenvalue weighted by molar-refractivity contribution is -0.225. The van der Waals surface area contributed by atoms with Gasteiger partial charge in [-0.1, -0.05) is 47.0 Å².